The number of benzene rings is 1. The Kier molecular flexibility index (Phi) is 7.42. The van der Waals surface area contributed by atoms with E-state index in [1.165, 1.54) is 5.56 Å². The van der Waals surface area contributed by atoms with Gasteiger partial charge in [-0.2, -0.15) is 4.98 Å². The maximum atomic E-state index is 12.3. The van der Waals surface area contributed by atoms with Gasteiger partial charge in [0.2, 0.25) is 17.6 Å². The maximum absolute atomic E-state index is 12.3. The highest BCUT2D eigenvalue weighted by atomic mass is 16.5. The highest BCUT2D eigenvalue weighted by Crippen LogP contribution is 2.19. The van der Waals surface area contributed by atoms with Crippen molar-refractivity contribution in [1.29, 1.82) is 0 Å². The number of amides is 1. The molecule has 1 aliphatic heterocycles. The predicted molar refractivity (Wildman–Crippen MR) is 114 cm³/mol. The molecule has 158 valence electrons. The minimum Gasteiger partial charge on any atom is -0.340 e. The summed E-state index contributed by atoms with van der Waals surface area (Å²) in [6.07, 6.45) is 2.45. The third kappa shape index (κ3) is 6.39. The van der Waals surface area contributed by atoms with Crippen LogP contribution >= 0.6 is 0 Å². The molecule has 0 bridgehead atoms. The van der Waals surface area contributed by atoms with E-state index in [0.717, 1.165) is 51.1 Å². The van der Waals surface area contributed by atoms with E-state index in [2.05, 4.69) is 67.0 Å². The molecular weight excluding hydrogens is 364 g/mol. The van der Waals surface area contributed by atoms with Gasteiger partial charge in [0.05, 0.1) is 0 Å². The van der Waals surface area contributed by atoms with Crippen LogP contribution in [0.3, 0.4) is 0 Å². The molecular formula is C23H34N4O2. The third-order valence-corrected chi connectivity index (χ3v) is 5.33. The van der Waals surface area contributed by atoms with Gasteiger partial charge in [0.1, 0.15) is 0 Å². The number of carbonyl (C=O) groups excluding carboxylic acids is 1. The number of hydrogen-bond acceptors (Lipinski definition) is 5. The molecule has 1 fully saturated rings. The minimum atomic E-state index is 0.305. The Morgan fingerprint density at radius 1 is 1.03 bits per heavy atom. The predicted octanol–water partition coefficient (Wildman–Crippen LogP) is 4.02. The van der Waals surface area contributed by atoms with E-state index in [4.69, 9.17) is 4.52 Å². The monoisotopic (exact) mass is 398 g/mol. The fraction of sp³-hybridized carbons (Fsp3) is 0.609. The van der Waals surface area contributed by atoms with E-state index in [-0.39, 0.29) is 0 Å². The van der Waals surface area contributed by atoms with Crippen LogP contribution in [0.5, 0.6) is 0 Å². The summed E-state index contributed by atoms with van der Waals surface area (Å²) in [6.45, 7) is 13.0. The maximum Gasteiger partial charge on any atom is 0.227 e. The Hall–Kier alpha value is -2.21. The number of aromatic nitrogens is 2. The van der Waals surface area contributed by atoms with Crippen LogP contribution < -0.4 is 0 Å². The van der Waals surface area contributed by atoms with Gasteiger partial charge < -0.3 is 9.42 Å². The van der Waals surface area contributed by atoms with Crippen LogP contribution in [0, 0.1) is 11.8 Å². The first-order valence-electron chi connectivity index (χ1n) is 10.8. The number of carbonyl (C=O) groups is 1. The first-order valence-corrected chi connectivity index (χ1v) is 10.8. The fourth-order valence-electron chi connectivity index (χ4n) is 3.55. The Morgan fingerprint density at radius 2 is 1.72 bits per heavy atom. The molecule has 1 amide bonds. The van der Waals surface area contributed by atoms with E-state index in [1.807, 2.05) is 4.90 Å². The van der Waals surface area contributed by atoms with Gasteiger partial charge in [0.15, 0.2) is 0 Å². The van der Waals surface area contributed by atoms with Crippen LogP contribution in [0.2, 0.25) is 0 Å². The van der Waals surface area contributed by atoms with E-state index in [0.29, 0.717) is 35.9 Å². The molecule has 2 aromatic rings. The summed E-state index contributed by atoms with van der Waals surface area (Å²) in [4.78, 5) is 21.2. The van der Waals surface area contributed by atoms with Crippen LogP contribution in [0.4, 0.5) is 0 Å². The average molecular weight is 399 g/mol. The second kappa shape index (κ2) is 10.0. The summed E-state index contributed by atoms with van der Waals surface area (Å²) in [5, 5.41) is 4.10. The Balaban J connectivity index is 1.48. The molecule has 29 heavy (non-hydrogen) atoms. The van der Waals surface area contributed by atoms with Gasteiger partial charge in [-0.3, -0.25) is 9.69 Å². The van der Waals surface area contributed by atoms with Crippen molar-refractivity contribution in [2.45, 2.75) is 53.5 Å². The molecule has 0 spiro atoms. The summed E-state index contributed by atoms with van der Waals surface area (Å²) >= 11 is 0. The van der Waals surface area contributed by atoms with Gasteiger partial charge in [0.25, 0.3) is 0 Å². The van der Waals surface area contributed by atoms with Gasteiger partial charge in [-0.25, -0.2) is 0 Å². The molecule has 0 unspecified atom stereocenters. The normalized spacial score (nSPS) is 15.4. The quantitative estimate of drug-likeness (QED) is 0.672. The first-order chi connectivity index (χ1) is 13.9. The topological polar surface area (TPSA) is 62.5 Å². The standard InChI is InChI=1S/C23H34N4O2/c1-17(2)5-10-22(28)27-13-11-26(12-14-27)16-19-6-8-20(9-7-19)23-24-21(29-25-23)15-18(3)4/h6-9,17-18H,5,10-16H2,1-4H3. The van der Waals surface area contributed by atoms with Crippen LogP contribution in [-0.4, -0.2) is 52.0 Å². The number of hydrogen-bond donors (Lipinski definition) is 0. The average Bonchev–Trinajstić information content (AvgIpc) is 3.15. The lowest BCUT2D eigenvalue weighted by Crippen LogP contribution is -2.48. The van der Waals surface area contributed by atoms with E-state index in [1.54, 1.807) is 0 Å². The highest BCUT2D eigenvalue weighted by molar-refractivity contribution is 5.76. The SMILES string of the molecule is CC(C)CCC(=O)N1CCN(Cc2ccc(-c3noc(CC(C)C)n3)cc2)CC1. The van der Waals surface area contributed by atoms with Crippen LogP contribution in [0.25, 0.3) is 11.4 Å². The van der Waals surface area contributed by atoms with E-state index >= 15 is 0 Å². The molecule has 2 heterocycles. The minimum absolute atomic E-state index is 0.305. The highest BCUT2D eigenvalue weighted by Gasteiger charge is 2.21. The van der Waals surface area contributed by atoms with Crippen molar-refractivity contribution in [2.75, 3.05) is 26.2 Å². The molecule has 1 aromatic carbocycles. The van der Waals surface area contributed by atoms with Crippen molar-refractivity contribution in [3.8, 4) is 11.4 Å². The fourth-order valence-corrected chi connectivity index (χ4v) is 3.55. The van der Waals surface area contributed by atoms with Gasteiger partial charge in [-0.05, 0) is 23.8 Å². The Morgan fingerprint density at radius 3 is 2.34 bits per heavy atom. The van der Waals surface area contributed by atoms with Crippen LogP contribution in [-0.2, 0) is 17.8 Å². The molecule has 0 atom stereocenters. The van der Waals surface area contributed by atoms with Crippen LogP contribution in [0.15, 0.2) is 28.8 Å². The zero-order chi connectivity index (χ0) is 20.8. The van der Waals surface area contributed by atoms with Crippen molar-refractivity contribution < 1.29 is 9.32 Å². The van der Waals surface area contributed by atoms with Crippen molar-refractivity contribution in [1.82, 2.24) is 19.9 Å². The summed E-state index contributed by atoms with van der Waals surface area (Å²) in [6, 6.07) is 8.39. The largest absolute Gasteiger partial charge is 0.340 e. The summed E-state index contributed by atoms with van der Waals surface area (Å²) in [5.74, 6) is 2.73. The second-order valence-corrected chi connectivity index (χ2v) is 8.90. The molecule has 0 aliphatic carbocycles. The molecule has 0 N–H and O–H groups in total. The van der Waals surface area contributed by atoms with Crippen molar-refractivity contribution in [2.24, 2.45) is 11.8 Å². The van der Waals surface area contributed by atoms with Gasteiger partial charge in [0, 0.05) is 51.1 Å². The zero-order valence-corrected chi connectivity index (χ0v) is 18.2. The number of rotatable bonds is 8. The Labute approximate surface area is 174 Å². The van der Waals surface area contributed by atoms with Gasteiger partial charge in [-0.15, -0.1) is 0 Å². The molecule has 1 saturated heterocycles. The van der Waals surface area contributed by atoms with Crippen molar-refractivity contribution in [3.63, 3.8) is 0 Å². The van der Waals surface area contributed by atoms with E-state index in [9.17, 15) is 4.79 Å². The molecule has 1 aromatic heterocycles. The zero-order valence-electron chi connectivity index (χ0n) is 18.2. The smallest absolute Gasteiger partial charge is 0.227 e. The lowest BCUT2D eigenvalue weighted by Gasteiger charge is -2.35. The van der Waals surface area contributed by atoms with Gasteiger partial charge in [-0.1, -0.05) is 57.1 Å². The Bertz CT molecular complexity index is 774. The van der Waals surface area contributed by atoms with Crippen molar-refractivity contribution >= 4 is 5.91 Å². The number of nitrogens with zero attached hydrogens (tertiary/aromatic N) is 4. The van der Waals surface area contributed by atoms with Crippen LogP contribution in [0.1, 0.15) is 52.0 Å². The molecule has 6 nitrogen and oxygen atoms in total. The molecule has 0 radical (unpaired) electrons. The first kappa shape index (κ1) is 21.5. The number of piperazine rings is 1. The van der Waals surface area contributed by atoms with Crippen molar-refractivity contribution in [3.05, 3.63) is 35.7 Å². The molecule has 3 rings (SSSR count). The summed E-state index contributed by atoms with van der Waals surface area (Å²) < 4.78 is 5.34. The lowest BCUT2D eigenvalue weighted by atomic mass is 10.1. The second-order valence-electron chi connectivity index (χ2n) is 8.90. The summed E-state index contributed by atoms with van der Waals surface area (Å²) in [7, 11) is 0. The molecule has 0 saturated carbocycles. The van der Waals surface area contributed by atoms with E-state index < -0.39 is 0 Å². The third-order valence-electron chi connectivity index (χ3n) is 5.33. The van der Waals surface area contributed by atoms with Gasteiger partial charge >= 0.3 is 0 Å². The molecule has 1 aliphatic rings. The molecule has 6 heteroatoms. The lowest BCUT2D eigenvalue weighted by molar-refractivity contribution is -0.133. The summed E-state index contributed by atoms with van der Waals surface area (Å²) in [5.41, 5.74) is 2.24.